The van der Waals surface area contributed by atoms with Crippen LogP contribution < -0.4 is 5.32 Å². The van der Waals surface area contributed by atoms with E-state index in [0.29, 0.717) is 5.56 Å². The summed E-state index contributed by atoms with van der Waals surface area (Å²) in [4.78, 5) is 16.2. The van der Waals surface area contributed by atoms with Crippen LogP contribution in [0.15, 0.2) is 27.1 Å². The predicted molar refractivity (Wildman–Crippen MR) is 79.1 cm³/mol. The molecule has 0 saturated heterocycles. The van der Waals surface area contributed by atoms with Crippen LogP contribution in [0.2, 0.25) is 0 Å². The van der Waals surface area contributed by atoms with Crippen molar-refractivity contribution >= 4 is 43.7 Å². The lowest BCUT2D eigenvalue weighted by Gasteiger charge is -2.05. The number of carbonyl (C=O) groups is 1. The van der Waals surface area contributed by atoms with E-state index in [9.17, 15) is 4.79 Å². The molecule has 1 aromatic carbocycles. The minimum Gasteiger partial charge on any atom is -0.289 e. The first kappa shape index (κ1) is 14.1. The van der Waals surface area contributed by atoms with E-state index in [4.69, 9.17) is 0 Å². The maximum Gasteiger partial charge on any atom is 0.258 e. The lowest BCUT2D eigenvalue weighted by molar-refractivity contribution is 0.102. The summed E-state index contributed by atoms with van der Waals surface area (Å²) < 4.78 is 1.62. The topological polar surface area (TPSA) is 67.8 Å². The molecular weight excluding hydrogens is 376 g/mol. The monoisotopic (exact) mass is 384 g/mol. The lowest BCUT2D eigenvalue weighted by Crippen LogP contribution is -2.15. The Kier molecular flexibility index (Phi) is 4.26. The summed E-state index contributed by atoms with van der Waals surface area (Å²) in [6, 6.07) is 5.29. The Balaban J connectivity index is 2.22. The average Bonchev–Trinajstić information content (AvgIpc) is 2.32. The van der Waals surface area contributed by atoms with Gasteiger partial charge in [0.25, 0.3) is 5.91 Å². The van der Waals surface area contributed by atoms with Gasteiger partial charge in [0.1, 0.15) is 0 Å². The largest absolute Gasteiger partial charge is 0.289 e. The van der Waals surface area contributed by atoms with Gasteiger partial charge < -0.3 is 0 Å². The molecule has 0 saturated carbocycles. The zero-order chi connectivity index (χ0) is 14.0. The number of halogens is 2. The summed E-state index contributed by atoms with van der Waals surface area (Å²) >= 11 is 6.67. The molecule has 98 valence electrons. The number of nitrogens with one attached hydrogen (secondary N) is 1. The van der Waals surface area contributed by atoms with Gasteiger partial charge >= 0.3 is 0 Å². The molecular formula is C12H10Br2N4O. The number of rotatable bonds is 2. The molecule has 5 nitrogen and oxygen atoms in total. The van der Waals surface area contributed by atoms with Crippen LogP contribution in [0.4, 0.5) is 5.95 Å². The number of aryl methyl sites for hydroxylation is 2. The molecule has 0 aliphatic heterocycles. The molecule has 0 radical (unpaired) electrons. The molecule has 19 heavy (non-hydrogen) atoms. The van der Waals surface area contributed by atoms with Crippen molar-refractivity contribution in [2.24, 2.45) is 0 Å². The highest BCUT2D eigenvalue weighted by Gasteiger charge is 2.10. The van der Waals surface area contributed by atoms with Gasteiger partial charge in [-0.3, -0.25) is 10.1 Å². The Bertz CT molecular complexity index is 625. The van der Waals surface area contributed by atoms with E-state index in [2.05, 4.69) is 52.4 Å². The van der Waals surface area contributed by atoms with Gasteiger partial charge in [-0.1, -0.05) is 31.9 Å². The molecule has 1 heterocycles. The molecule has 2 aromatic rings. The van der Waals surface area contributed by atoms with E-state index in [1.165, 1.54) is 0 Å². The third kappa shape index (κ3) is 3.57. The average molecular weight is 386 g/mol. The Hall–Kier alpha value is -1.34. The number of hydrogen-bond donors (Lipinski definition) is 1. The van der Waals surface area contributed by atoms with Gasteiger partial charge in [-0.2, -0.15) is 5.10 Å². The maximum absolute atomic E-state index is 12.1. The van der Waals surface area contributed by atoms with Crippen molar-refractivity contribution in [1.82, 2.24) is 15.2 Å². The smallest absolute Gasteiger partial charge is 0.258 e. The van der Waals surface area contributed by atoms with E-state index in [-0.39, 0.29) is 11.9 Å². The molecule has 0 unspecified atom stereocenters. The third-order valence-electron chi connectivity index (χ3n) is 2.44. The summed E-state index contributed by atoms with van der Waals surface area (Å²) in [7, 11) is 0. The van der Waals surface area contributed by atoms with Crippen molar-refractivity contribution < 1.29 is 4.79 Å². The Labute approximate surface area is 127 Å². The van der Waals surface area contributed by atoms with Crippen LogP contribution in [-0.2, 0) is 0 Å². The maximum atomic E-state index is 12.1. The van der Waals surface area contributed by atoms with Crippen LogP contribution in [0, 0.1) is 13.8 Å². The Morgan fingerprint density at radius 3 is 2.26 bits per heavy atom. The molecule has 0 fully saturated rings. The Morgan fingerprint density at radius 2 is 1.68 bits per heavy atom. The van der Waals surface area contributed by atoms with Crippen LogP contribution in [0.1, 0.15) is 21.7 Å². The molecule has 2 rings (SSSR count). The van der Waals surface area contributed by atoms with Crippen LogP contribution in [0.3, 0.4) is 0 Å². The predicted octanol–water partition coefficient (Wildman–Crippen LogP) is 3.27. The van der Waals surface area contributed by atoms with Crippen LogP contribution >= 0.6 is 31.9 Å². The fraction of sp³-hybridized carbons (Fsp3) is 0.167. The van der Waals surface area contributed by atoms with Crippen molar-refractivity contribution in [3.8, 4) is 0 Å². The molecule has 1 N–H and O–H groups in total. The van der Waals surface area contributed by atoms with Crippen molar-refractivity contribution in [1.29, 1.82) is 0 Å². The quantitative estimate of drug-likeness (QED) is 0.861. The zero-order valence-electron chi connectivity index (χ0n) is 10.2. The van der Waals surface area contributed by atoms with Gasteiger partial charge in [-0.15, -0.1) is 5.10 Å². The van der Waals surface area contributed by atoms with Crippen LogP contribution in [0.5, 0.6) is 0 Å². The van der Waals surface area contributed by atoms with Crippen LogP contribution in [0.25, 0.3) is 0 Å². The van der Waals surface area contributed by atoms with Gasteiger partial charge in [0, 0.05) is 14.5 Å². The highest BCUT2D eigenvalue weighted by Crippen LogP contribution is 2.20. The SMILES string of the molecule is Cc1nnc(NC(=O)c2cc(Br)cc(Br)c2)nc1C. The van der Waals surface area contributed by atoms with Gasteiger partial charge in [-0.05, 0) is 32.0 Å². The zero-order valence-corrected chi connectivity index (χ0v) is 13.4. The summed E-state index contributed by atoms with van der Waals surface area (Å²) in [5, 5.41) is 10.4. The van der Waals surface area contributed by atoms with E-state index < -0.39 is 0 Å². The third-order valence-corrected chi connectivity index (χ3v) is 3.36. The second kappa shape index (κ2) is 5.75. The molecule has 0 atom stereocenters. The first-order valence-electron chi connectivity index (χ1n) is 5.41. The van der Waals surface area contributed by atoms with E-state index in [0.717, 1.165) is 20.3 Å². The second-order valence-electron chi connectivity index (χ2n) is 3.92. The number of nitrogens with zero attached hydrogens (tertiary/aromatic N) is 3. The number of aromatic nitrogens is 3. The summed E-state index contributed by atoms with van der Waals surface area (Å²) in [5.74, 6) is -0.0868. The fourth-order valence-electron chi connectivity index (χ4n) is 1.37. The Morgan fingerprint density at radius 1 is 1.05 bits per heavy atom. The molecule has 0 aliphatic carbocycles. The highest BCUT2D eigenvalue weighted by atomic mass is 79.9. The lowest BCUT2D eigenvalue weighted by atomic mass is 10.2. The van der Waals surface area contributed by atoms with E-state index in [1.807, 2.05) is 19.9 Å². The molecule has 1 aromatic heterocycles. The van der Waals surface area contributed by atoms with Gasteiger partial charge in [0.05, 0.1) is 11.4 Å². The van der Waals surface area contributed by atoms with Gasteiger partial charge in [0.2, 0.25) is 5.95 Å². The number of hydrogen-bond acceptors (Lipinski definition) is 4. The summed E-state index contributed by atoms with van der Waals surface area (Å²) in [6.07, 6.45) is 0. The van der Waals surface area contributed by atoms with E-state index >= 15 is 0 Å². The van der Waals surface area contributed by atoms with E-state index in [1.54, 1.807) is 12.1 Å². The second-order valence-corrected chi connectivity index (χ2v) is 5.75. The molecule has 0 bridgehead atoms. The van der Waals surface area contributed by atoms with Crippen molar-refractivity contribution in [3.05, 3.63) is 44.1 Å². The molecule has 0 spiro atoms. The molecule has 7 heteroatoms. The fourth-order valence-corrected chi connectivity index (χ4v) is 2.66. The summed E-state index contributed by atoms with van der Waals surface area (Å²) in [6.45, 7) is 3.63. The normalized spacial score (nSPS) is 10.3. The standard InChI is InChI=1S/C12H10Br2N4O/c1-6-7(2)17-18-12(15-6)16-11(19)8-3-9(13)5-10(14)4-8/h3-5H,1-2H3,(H,15,16,18,19). The molecule has 1 amide bonds. The van der Waals surface area contributed by atoms with Crippen molar-refractivity contribution in [2.45, 2.75) is 13.8 Å². The number of carbonyl (C=O) groups excluding carboxylic acids is 1. The number of amides is 1. The minimum atomic E-state index is -0.285. The van der Waals surface area contributed by atoms with Crippen molar-refractivity contribution in [3.63, 3.8) is 0 Å². The number of anilines is 1. The van der Waals surface area contributed by atoms with Crippen LogP contribution in [-0.4, -0.2) is 21.1 Å². The highest BCUT2D eigenvalue weighted by molar-refractivity contribution is 9.11. The van der Waals surface area contributed by atoms with Gasteiger partial charge in [0.15, 0.2) is 0 Å². The first-order valence-corrected chi connectivity index (χ1v) is 6.99. The first-order chi connectivity index (χ1) is 8.95. The summed E-state index contributed by atoms with van der Waals surface area (Å²) in [5.41, 5.74) is 1.98. The van der Waals surface area contributed by atoms with Gasteiger partial charge in [-0.25, -0.2) is 4.98 Å². The molecule has 0 aliphatic rings. The van der Waals surface area contributed by atoms with Crippen molar-refractivity contribution in [2.75, 3.05) is 5.32 Å². The number of benzene rings is 1. The minimum absolute atomic E-state index is 0.198.